The van der Waals surface area contributed by atoms with E-state index in [0.29, 0.717) is 6.04 Å². The number of benzene rings is 1. The zero-order valence-corrected chi connectivity index (χ0v) is 14.8. The first kappa shape index (κ1) is 15.5. The minimum Gasteiger partial charge on any atom is -0.348 e. The minimum atomic E-state index is 0.0278. The summed E-state index contributed by atoms with van der Waals surface area (Å²) in [6.45, 7) is 1.11. The number of nitrogens with one attached hydrogen (secondary N) is 2. The van der Waals surface area contributed by atoms with Crippen LogP contribution in [-0.4, -0.2) is 24.5 Å². The van der Waals surface area contributed by atoms with Crippen molar-refractivity contribution in [2.24, 2.45) is 5.92 Å². The van der Waals surface area contributed by atoms with Crippen molar-refractivity contribution >= 4 is 40.6 Å². The smallest absolute Gasteiger partial charge is 0.251 e. The SMILES string of the molecule is O=C(NC1CC2CNC1C2)c1ccc(Sc2ccc(Cl)s2)cc1. The fourth-order valence-corrected chi connectivity index (χ4v) is 5.69. The van der Waals surface area contributed by atoms with Crippen molar-refractivity contribution in [2.75, 3.05) is 6.54 Å². The van der Waals surface area contributed by atoms with Gasteiger partial charge in [-0.1, -0.05) is 23.4 Å². The zero-order valence-electron chi connectivity index (χ0n) is 12.4. The Balaban J connectivity index is 1.38. The normalized spacial score (nSPS) is 25.7. The Bertz CT molecular complexity index is 716. The first-order chi connectivity index (χ1) is 11.2. The van der Waals surface area contributed by atoms with Crippen molar-refractivity contribution in [3.63, 3.8) is 0 Å². The number of hydrogen-bond donors (Lipinski definition) is 2. The number of rotatable bonds is 4. The molecule has 1 saturated carbocycles. The van der Waals surface area contributed by atoms with Gasteiger partial charge >= 0.3 is 0 Å². The second-order valence-electron chi connectivity index (χ2n) is 6.12. The summed E-state index contributed by atoms with van der Waals surface area (Å²) >= 11 is 9.18. The molecule has 4 rings (SSSR count). The Hall–Kier alpha value is -1.01. The molecule has 2 fully saturated rings. The minimum absolute atomic E-state index is 0.0278. The summed E-state index contributed by atoms with van der Waals surface area (Å²) in [7, 11) is 0. The quantitative estimate of drug-likeness (QED) is 0.860. The van der Waals surface area contributed by atoms with Crippen LogP contribution in [0.2, 0.25) is 4.34 Å². The van der Waals surface area contributed by atoms with Crippen LogP contribution in [0.4, 0.5) is 0 Å². The molecule has 120 valence electrons. The topological polar surface area (TPSA) is 41.1 Å². The fraction of sp³-hybridized carbons (Fsp3) is 0.353. The third kappa shape index (κ3) is 3.43. The van der Waals surface area contributed by atoms with Gasteiger partial charge in [0.25, 0.3) is 5.91 Å². The summed E-state index contributed by atoms with van der Waals surface area (Å²) in [6, 6.07) is 12.4. The lowest BCUT2D eigenvalue weighted by atomic mass is 10.1. The first-order valence-corrected chi connectivity index (χ1v) is 9.76. The van der Waals surface area contributed by atoms with Gasteiger partial charge in [0.15, 0.2) is 0 Å². The highest BCUT2D eigenvalue weighted by molar-refractivity contribution is 8.01. The maximum absolute atomic E-state index is 12.4. The zero-order chi connectivity index (χ0) is 15.8. The van der Waals surface area contributed by atoms with Crippen molar-refractivity contribution < 1.29 is 4.79 Å². The van der Waals surface area contributed by atoms with Crippen LogP contribution in [0.15, 0.2) is 45.5 Å². The van der Waals surface area contributed by atoms with Gasteiger partial charge in [-0.25, -0.2) is 0 Å². The molecule has 2 bridgehead atoms. The second kappa shape index (κ2) is 6.48. The van der Waals surface area contributed by atoms with Crippen LogP contribution in [0.1, 0.15) is 23.2 Å². The van der Waals surface area contributed by atoms with Crippen LogP contribution in [0.3, 0.4) is 0 Å². The van der Waals surface area contributed by atoms with E-state index < -0.39 is 0 Å². The molecule has 1 aromatic carbocycles. The van der Waals surface area contributed by atoms with Crippen LogP contribution in [0.5, 0.6) is 0 Å². The molecule has 2 heterocycles. The van der Waals surface area contributed by atoms with Crippen molar-refractivity contribution in [1.29, 1.82) is 0 Å². The molecular formula is C17H17ClN2OS2. The van der Waals surface area contributed by atoms with Gasteiger partial charge in [-0.15, -0.1) is 11.3 Å². The number of fused-ring (bicyclic) bond motifs is 2. The average molecular weight is 365 g/mol. The maximum atomic E-state index is 12.4. The molecule has 1 aliphatic carbocycles. The maximum Gasteiger partial charge on any atom is 0.251 e. The van der Waals surface area contributed by atoms with Crippen LogP contribution < -0.4 is 10.6 Å². The first-order valence-electron chi connectivity index (χ1n) is 7.75. The number of thiophene rings is 1. The summed E-state index contributed by atoms with van der Waals surface area (Å²) in [5, 5.41) is 6.65. The van der Waals surface area contributed by atoms with E-state index in [1.165, 1.54) is 6.42 Å². The predicted octanol–water partition coefficient (Wildman–Crippen LogP) is 4.03. The van der Waals surface area contributed by atoms with Crippen molar-refractivity contribution in [3.8, 4) is 0 Å². The van der Waals surface area contributed by atoms with E-state index in [2.05, 4.69) is 10.6 Å². The summed E-state index contributed by atoms with van der Waals surface area (Å²) in [5.41, 5.74) is 0.723. The van der Waals surface area contributed by atoms with Crippen LogP contribution in [0.25, 0.3) is 0 Å². The lowest BCUT2D eigenvalue weighted by Gasteiger charge is -2.24. The Kier molecular flexibility index (Phi) is 4.37. The molecule has 2 aliphatic rings. The van der Waals surface area contributed by atoms with Crippen LogP contribution in [0, 0.1) is 5.92 Å². The highest BCUT2D eigenvalue weighted by atomic mass is 35.5. The number of carbonyl (C=O) groups excluding carboxylic acids is 1. The summed E-state index contributed by atoms with van der Waals surface area (Å²) in [6.07, 6.45) is 2.31. The van der Waals surface area contributed by atoms with E-state index in [9.17, 15) is 4.79 Å². The van der Waals surface area contributed by atoms with Gasteiger partial charge in [0.1, 0.15) is 0 Å². The Morgan fingerprint density at radius 2 is 2.04 bits per heavy atom. The number of piperidine rings is 1. The lowest BCUT2D eigenvalue weighted by Crippen LogP contribution is -2.47. The highest BCUT2D eigenvalue weighted by Crippen LogP contribution is 2.35. The van der Waals surface area contributed by atoms with E-state index >= 15 is 0 Å². The van der Waals surface area contributed by atoms with E-state index in [0.717, 1.165) is 37.9 Å². The molecule has 1 amide bonds. The molecule has 2 N–H and O–H groups in total. The number of hydrogen-bond acceptors (Lipinski definition) is 4. The van der Waals surface area contributed by atoms with Crippen molar-refractivity contribution in [3.05, 3.63) is 46.3 Å². The van der Waals surface area contributed by atoms with Gasteiger partial charge in [0.2, 0.25) is 0 Å². The molecule has 1 aliphatic heterocycles. The Morgan fingerprint density at radius 3 is 2.65 bits per heavy atom. The van der Waals surface area contributed by atoms with Gasteiger partial charge in [-0.3, -0.25) is 4.79 Å². The van der Waals surface area contributed by atoms with E-state index in [-0.39, 0.29) is 11.9 Å². The monoisotopic (exact) mass is 364 g/mol. The van der Waals surface area contributed by atoms with Crippen LogP contribution >= 0.6 is 34.7 Å². The molecule has 6 heteroatoms. The number of halogens is 1. The van der Waals surface area contributed by atoms with Gasteiger partial charge in [-0.05, 0) is 61.7 Å². The number of carbonyl (C=O) groups is 1. The van der Waals surface area contributed by atoms with Gasteiger partial charge in [0.05, 0.1) is 8.55 Å². The standard InChI is InChI=1S/C17H17ClN2OS2/c18-15-5-6-16(23-15)22-12-3-1-11(2-4-12)17(21)20-14-8-10-7-13(14)19-9-10/h1-6,10,13-14,19H,7-9H2,(H,20,21). The molecular weight excluding hydrogens is 348 g/mol. The molecule has 3 unspecified atom stereocenters. The number of amides is 1. The molecule has 0 radical (unpaired) electrons. The largest absolute Gasteiger partial charge is 0.348 e. The van der Waals surface area contributed by atoms with Gasteiger partial charge in [-0.2, -0.15) is 0 Å². The molecule has 3 nitrogen and oxygen atoms in total. The average Bonchev–Trinajstić information content (AvgIpc) is 3.25. The van der Waals surface area contributed by atoms with Crippen molar-refractivity contribution in [2.45, 2.75) is 34.0 Å². The lowest BCUT2D eigenvalue weighted by molar-refractivity contribution is 0.0928. The molecule has 0 spiro atoms. The summed E-state index contributed by atoms with van der Waals surface area (Å²) in [5.74, 6) is 0.766. The predicted molar refractivity (Wildman–Crippen MR) is 95.7 cm³/mol. The highest BCUT2D eigenvalue weighted by Gasteiger charge is 2.39. The van der Waals surface area contributed by atoms with E-state index in [1.807, 2.05) is 36.4 Å². The van der Waals surface area contributed by atoms with Crippen LogP contribution in [-0.2, 0) is 0 Å². The Morgan fingerprint density at radius 1 is 1.22 bits per heavy atom. The molecule has 3 atom stereocenters. The third-order valence-corrected chi connectivity index (χ3v) is 6.90. The van der Waals surface area contributed by atoms with E-state index in [4.69, 9.17) is 11.6 Å². The molecule has 1 saturated heterocycles. The van der Waals surface area contributed by atoms with Crippen molar-refractivity contribution in [1.82, 2.24) is 10.6 Å². The molecule has 1 aromatic heterocycles. The molecule has 2 aromatic rings. The summed E-state index contributed by atoms with van der Waals surface area (Å²) in [4.78, 5) is 13.5. The summed E-state index contributed by atoms with van der Waals surface area (Å²) < 4.78 is 1.95. The van der Waals surface area contributed by atoms with E-state index in [1.54, 1.807) is 23.1 Å². The fourth-order valence-electron chi connectivity index (χ4n) is 3.41. The van der Waals surface area contributed by atoms with Gasteiger partial charge < -0.3 is 10.6 Å². The molecule has 23 heavy (non-hydrogen) atoms. The van der Waals surface area contributed by atoms with Gasteiger partial charge in [0, 0.05) is 22.5 Å². The third-order valence-electron chi connectivity index (χ3n) is 4.53. The Labute approximate surface area is 148 Å². The second-order valence-corrected chi connectivity index (χ2v) is 9.21.